The molecule has 0 radical (unpaired) electrons. The Kier molecular flexibility index (Phi) is 3.22. The van der Waals surface area contributed by atoms with E-state index in [4.69, 9.17) is 5.11 Å². The lowest BCUT2D eigenvalue weighted by atomic mass is 10.2. The summed E-state index contributed by atoms with van der Waals surface area (Å²) in [4.78, 5) is 10.6. The molecule has 84 valence electrons. The topological polar surface area (TPSA) is 55.1 Å². The van der Waals surface area contributed by atoms with Crippen molar-refractivity contribution in [3.8, 4) is 11.8 Å². The van der Waals surface area contributed by atoms with Crippen LogP contribution in [0.3, 0.4) is 0 Å². The molecule has 0 aliphatic carbocycles. The average Bonchev–Trinajstić information content (AvgIpc) is 2.79. The number of carboxylic acid groups (broad SMARTS) is 1. The van der Waals surface area contributed by atoms with E-state index in [0.29, 0.717) is 6.54 Å². The van der Waals surface area contributed by atoms with Gasteiger partial charge in [-0.25, -0.2) is 4.79 Å². The maximum absolute atomic E-state index is 10.6. The van der Waals surface area contributed by atoms with Gasteiger partial charge in [0.15, 0.2) is 0 Å². The van der Waals surface area contributed by atoms with Crippen molar-refractivity contribution in [1.82, 2.24) is 9.78 Å². The summed E-state index contributed by atoms with van der Waals surface area (Å²) >= 11 is 0. The lowest BCUT2D eigenvalue weighted by molar-refractivity contribution is 0.0697. The van der Waals surface area contributed by atoms with Gasteiger partial charge >= 0.3 is 5.97 Å². The second-order valence-electron chi connectivity index (χ2n) is 3.40. The van der Waals surface area contributed by atoms with Crippen molar-refractivity contribution in [2.24, 2.45) is 0 Å². The molecular formula is C13H10N2O2. The number of carbonyl (C=O) groups is 1. The number of nitrogens with zero attached hydrogens (tertiary/aromatic N) is 2. The first-order valence-electron chi connectivity index (χ1n) is 5.05. The Bertz CT molecular complexity index is 576. The number of aromatic nitrogens is 2. The second kappa shape index (κ2) is 4.99. The minimum Gasteiger partial charge on any atom is -0.478 e. The summed E-state index contributed by atoms with van der Waals surface area (Å²) in [6, 6.07) is 9.59. The van der Waals surface area contributed by atoms with E-state index in [0.717, 1.165) is 5.56 Å². The Hall–Kier alpha value is -2.54. The van der Waals surface area contributed by atoms with Gasteiger partial charge in [0.05, 0.1) is 11.8 Å². The molecule has 0 saturated heterocycles. The van der Waals surface area contributed by atoms with Gasteiger partial charge in [-0.3, -0.25) is 4.68 Å². The molecule has 4 heteroatoms. The van der Waals surface area contributed by atoms with E-state index in [2.05, 4.69) is 16.9 Å². The number of benzene rings is 1. The fourth-order valence-corrected chi connectivity index (χ4v) is 1.30. The number of hydrogen-bond donors (Lipinski definition) is 1. The van der Waals surface area contributed by atoms with E-state index >= 15 is 0 Å². The monoisotopic (exact) mass is 226 g/mol. The van der Waals surface area contributed by atoms with Crippen molar-refractivity contribution in [1.29, 1.82) is 0 Å². The molecule has 0 saturated carbocycles. The smallest absolute Gasteiger partial charge is 0.338 e. The third kappa shape index (κ3) is 2.95. The van der Waals surface area contributed by atoms with Crippen LogP contribution in [-0.2, 0) is 6.54 Å². The van der Waals surface area contributed by atoms with Gasteiger partial charge in [-0.05, 0) is 12.1 Å². The van der Waals surface area contributed by atoms with Gasteiger partial charge in [0.2, 0.25) is 0 Å². The van der Waals surface area contributed by atoms with Gasteiger partial charge in [0.1, 0.15) is 6.54 Å². The highest BCUT2D eigenvalue weighted by Gasteiger charge is 2.04. The maximum Gasteiger partial charge on any atom is 0.338 e. The van der Waals surface area contributed by atoms with Crippen molar-refractivity contribution in [2.75, 3.05) is 0 Å². The molecule has 0 aliphatic rings. The van der Waals surface area contributed by atoms with Crippen LogP contribution in [0.4, 0.5) is 0 Å². The van der Waals surface area contributed by atoms with Crippen molar-refractivity contribution < 1.29 is 9.90 Å². The van der Waals surface area contributed by atoms with Crippen molar-refractivity contribution in [2.45, 2.75) is 6.54 Å². The van der Waals surface area contributed by atoms with Gasteiger partial charge in [-0.1, -0.05) is 30.0 Å². The zero-order chi connectivity index (χ0) is 12.1. The van der Waals surface area contributed by atoms with Crippen molar-refractivity contribution in [3.63, 3.8) is 0 Å². The quantitative estimate of drug-likeness (QED) is 0.792. The van der Waals surface area contributed by atoms with Crippen LogP contribution >= 0.6 is 0 Å². The predicted molar refractivity (Wildman–Crippen MR) is 62.5 cm³/mol. The number of rotatable bonds is 2. The Labute approximate surface area is 98.5 Å². The molecule has 0 bridgehead atoms. The van der Waals surface area contributed by atoms with Crippen LogP contribution < -0.4 is 0 Å². The van der Waals surface area contributed by atoms with Gasteiger partial charge in [-0.2, -0.15) is 5.10 Å². The zero-order valence-electron chi connectivity index (χ0n) is 9.00. The molecule has 1 N–H and O–H groups in total. The van der Waals surface area contributed by atoms with Crippen LogP contribution in [-0.4, -0.2) is 20.9 Å². The summed E-state index contributed by atoms with van der Waals surface area (Å²) in [5.41, 5.74) is 1.10. The van der Waals surface area contributed by atoms with Gasteiger partial charge < -0.3 is 5.11 Å². The van der Waals surface area contributed by atoms with Crippen LogP contribution in [0.25, 0.3) is 0 Å². The standard InChI is InChI=1S/C13H10N2O2/c16-13(17)12-9-14-15(10-12)8-4-7-11-5-2-1-3-6-11/h1-3,5-6,9-10H,8H2,(H,16,17). The molecule has 2 rings (SSSR count). The highest BCUT2D eigenvalue weighted by Crippen LogP contribution is 1.97. The lowest BCUT2D eigenvalue weighted by Crippen LogP contribution is -1.96. The Morgan fingerprint density at radius 3 is 2.76 bits per heavy atom. The normalized spacial score (nSPS) is 9.41. The van der Waals surface area contributed by atoms with E-state index in [1.807, 2.05) is 30.3 Å². The van der Waals surface area contributed by atoms with Crippen LogP contribution in [0.15, 0.2) is 42.7 Å². The number of hydrogen-bond acceptors (Lipinski definition) is 2. The molecule has 0 aliphatic heterocycles. The van der Waals surface area contributed by atoms with Crippen LogP contribution in [0.1, 0.15) is 15.9 Å². The number of aromatic carboxylic acids is 1. The third-order valence-electron chi connectivity index (χ3n) is 2.13. The van der Waals surface area contributed by atoms with E-state index in [1.165, 1.54) is 17.1 Å². The SMILES string of the molecule is O=C(O)c1cnn(CC#Cc2ccccc2)c1. The molecular weight excluding hydrogens is 216 g/mol. The van der Waals surface area contributed by atoms with Crippen molar-refractivity contribution >= 4 is 5.97 Å². The van der Waals surface area contributed by atoms with Crippen LogP contribution in [0, 0.1) is 11.8 Å². The number of carboxylic acids is 1. The molecule has 1 aromatic heterocycles. The summed E-state index contributed by atoms with van der Waals surface area (Å²) in [5.74, 6) is 4.92. The Morgan fingerprint density at radius 2 is 2.12 bits per heavy atom. The van der Waals surface area contributed by atoms with Crippen molar-refractivity contribution in [3.05, 3.63) is 53.9 Å². The molecule has 17 heavy (non-hydrogen) atoms. The molecule has 0 atom stereocenters. The minimum atomic E-state index is -0.979. The second-order valence-corrected chi connectivity index (χ2v) is 3.40. The predicted octanol–water partition coefficient (Wildman–Crippen LogP) is 1.63. The molecule has 2 aromatic rings. The fraction of sp³-hybridized carbons (Fsp3) is 0.0769. The van der Waals surface area contributed by atoms with Crippen LogP contribution in [0.2, 0.25) is 0 Å². The van der Waals surface area contributed by atoms with E-state index in [9.17, 15) is 4.79 Å². The summed E-state index contributed by atoms with van der Waals surface area (Å²) in [6.07, 6.45) is 2.77. The highest BCUT2D eigenvalue weighted by molar-refractivity contribution is 5.86. The maximum atomic E-state index is 10.6. The Morgan fingerprint density at radius 1 is 1.35 bits per heavy atom. The first kappa shape index (κ1) is 11.0. The first-order valence-corrected chi connectivity index (χ1v) is 5.05. The molecule has 0 fully saturated rings. The Balaban J connectivity index is 2.03. The summed E-state index contributed by atoms with van der Waals surface area (Å²) in [7, 11) is 0. The summed E-state index contributed by atoms with van der Waals surface area (Å²) in [5, 5.41) is 12.6. The largest absolute Gasteiger partial charge is 0.478 e. The molecule has 4 nitrogen and oxygen atoms in total. The molecule has 1 aromatic carbocycles. The highest BCUT2D eigenvalue weighted by atomic mass is 16.4. The minimum absolute atomic E-state index is 0.173. The summed E-state index contributed by atoms with van der Waals surface area (Å²) in [6.45, 7) is 0.377. The lowest BCUT2D eigenvalue weighted by Gasteiger charge is -1.91. The summed E-state index contributed by atoms with van der Waals surface area (Å²) < 4.78 is 1.50. The third-order valence-corrected chi connectivity index (χ3v) is 2.13. The zero-order valence-corrected chi connectivity index (χ0v) is 9.00. The molecule has 0 spiro atoms. The van der Waals surface area contributed by atoms with E-state index in [-0.39, 0.29) is 5.56 Å². The molecule has 0 unspecified atom stereocenters. The molecule has 1 heterocycles. The molecule has 0 amide bonds. The van der Waals surface area contributed by atoms with Crippen LogP contribution in [0.5, 0.6) is 0 Å². The average molecular weight is 226 g/mol. The van der Waals surface area contributed by atoms with E-state index < -0.39 is 5.97 Å². The first-order chi connectivity index (χ1) is 8.25. The fourth-order valence-electron chi connectivity index (χ4n) is 1.30. The van der Waals surface area contributed by atoms with Gasteiger partial charge in [0, 0.05) is 11.8 Å². The van der Waals surface area contributed by atoms with E-state index in [1.54, 1.807) is 0 Å². The van der Waals surface area contributed by atoms with Gasteiger partial charge in [0.25, 0.3) is 0 Å². The van der Waals surface area contributed by atoms with Gasteiger partial charge in [-0.15, -0.1) is 0 Å².